The van der Waals surface area contributed by atoms with Crippen molar-refractivity contribution in [1.29, 1.82) is 0 Å². The molecule has 0 aliphatic heterocycles. The number of nitrogens with one attached hydrogen (secondary N) is 2. The van der Waals surface area contributed by atoms with Gasteiger partial charge in [-0.25, -0.2) is 0 Å². The van der Waals surface area contributed by atoms with E-state index in [1.807, 2.05) is 0 Å². The summed E-state index contributed by atoms with van der Waals surface area (Å²) < 4.78 is 0. The maximum absolute atomic E-state index is 11.4. The topological polar surface area (TPSA) is 44.4 Å². The van der Waals surface area contributed by atoms with Crippen LogP contribution in [0.25, 0.3) is 0 Å². The Morgan fingerprint density at radius 3 is 2.59 bits per heavy atom. The van der Waals surface area contributed by atoms with Gasteiger partial charge in [-0.15, -0.1) is 0 Å². The van der Waals surface area contributed by atoms with Crippen molar-refractivity contribution in [3.8, 4) is 0 Å². The summed E-state index contributed by atoms with van der Waals surface area (Å²) >= 11 is 0. The molecule has 0 bridgehead atoms. The first-order valence-electron chi connectivity index (χ1n) is 6.96. The van der Waals surface area contributed by atoms with Crippen molar-refractivity contribution in [3.05, 3.63) is 0 Å². The number of hydrogen-bond acceptors (Lipinski definition) is 3. The second-order valence-electron chi connectivity index (χ2n) is 4.80. The second-order valence-corrected chi connectivity index (χ2v) is 4.80. The smallest absolute Gasteiger partial charge is 0.233 e. The lowest BCUT2D eigenvalue weighted by atomic mass is 10.3. The second kappa shape index (κ2) is 8.48. The van der Waals surface area contributed by atoms with Crippen molar-refractivity contribution in [1.82, 2.24) is 15.5 Å². The summed E-state index contributed by atoms with van der Waals surface area (Å²) in [5.74, 6) is 0.904. The van der Waals surface area contributed by atoms with Gasteiger partial charge in [0.15, 0.2) is 0 Å². The molecule has 0 aromatic rings. The van der Waals surface area contributed by atoms with Gasteiger partial charge in [-0.05, 0) is 51.4 Å². The highest BCUT2D eigenvalue weighted by Gasteiger charge is 2.21. The number of hydrogen-bond donors (Lipinski definition) is 2. The third-order valence-corrected chi connectivity index (χ3v) is 3.29. The average Bonchev–Trinajstić information content (AvgIpc) is 3.15. The van der Waals surface area contributed by atoms with Crippen LogP contribution >= 0.6 is 0 Å². The molecule has 4 heteroatoms. The third-order valence-electron chi connectivity index (χ3n) is 3.29. The summed E-state index contributed by atoms with van der Waals surface area (Å²) in [5.41, 5.74) is 0. The van der Waals surface area contributed by atoms with Gasteiger partial charge in [0.05, 0.1) is 6.54 Å². The highest BCUT2D eigenvalue weighted by Crippen LogP contribution is 2.27. The molecule has 0 heterocycles. The Morgan fingerprint density at radius 1 is 1.29 bits per heavy atom. The minimum atomic E-state index is 0.139. The van der Waals surface area contributed by atoms with Crippen LogP contribution in [0.3, 0.4) is 0 Å². The van der Waals surface area contributed by atoms with Gasteiger partial charge in [0.1, 0.15) is 0 Å². The van der Waals surface area contributed by atoms with Crippen LogP contribution in [-0.4, -0.2) is 50.1 Å². The van der Waals surface area contributed by atoms with Gasteiger partial charge >= 0.3 is 0 Å². The number of amides is 1. The fraction of sp³-hybridized carbons (Fsp3) is 0.923. The first-order chi connectivity index (χ1) is 8.26. The third kappa shape index (κ3) is 7.34. The molecule has 0 aromatic heterocycles. The standard InChI is InChI=1S/C13H27N3O/c1-3-16(4-2)9-5-8-14-11-13(17)15-10-12-6-7-12/h12,14H,3-11H2,1-2H3,(H,15,17). The maximum Gasteiger partial charge on any atom is 0.233 e. The Bertz CT molecular complexity index is 213. The van der Waals surface area contributed by atoms with E-state index < -0.39 is 0 Å². The molecule has 1 fully saturated rings. The maximum atomic E-state index is 11.4. The summed E-state index contributed by atoms with van der Waals surface area (Å²) in [4.78, 5) is 13.8. The van der Waals surface area contributed by atoms with Crippen molar-refractivity contribution < 1.29 is 4.79 Å². The fourth-order valence-electron chi connectivity index (χ4n) is 1.81. The van der Waals surface area contributed by atoms with E-state index in [4.69, 9.17) is 0 Å². The van der Waals surface area contributed by atoms with Crippen molar-refractivity contribution in [2.75, 3.05) is 39.3 Å². The molecule has 4 nitrogen and oxygen atoms in total. The predicted molar refractivity (Wildman–Crippen MR) is 71.0 cm³/mol. The van der Waals surface area contributed by atoms with Crippen LogP contribution in [0.2, 0.25) is 0 Å². The normalized spacial score (nSPS) is 15.2. The molecule has 100 valence electrons. The van der Waals surface area contributed by atoms with Crippen LogP contribution in [0.4, 0.5) is 0 Å². The van der Waals surface area contributed by atoms with Crippen molar-refractivity contribution in [2.24, 2.45) is 5.92 Å². The Hall–Kier alpha value is -0.610. The molecule has 1 saturated carbocycles. The van der Waals surface area contributed by atoms with Crippen LogP contribution in [0.5, 0.6) is 0 Å². The molecule has 1 aliphatic rings. The number of nitrogens with zero attached hydrogens (tertiary/aromatic N) is 1. The summed E-state index contributed by atoms with van der Waals surface area (Å²) in [6.45, 7) is 9.96. The minimum absolute atomic E-state index is 0.139. The Labute approximate surface area is 105 Å². The number of rotatable bonds is 10. The van der Waals surface area contributed by atoms with E-state index in [0.29, 0.717) is 6.54 Å². The van der Waals surface area contributed by atoms with Gasteiger partial charge in [0.25, 0.3) is 0 Å². The molecular weight excluding hydrogens is 214 g/mol. The summed E-state index contributed by atoms with van der Waals surface area (Å²) in [5, 5.41) is 6.15. The zero-order chi connectivity index (χ0) is 12.5. The van der Waals surface area contributed by atoms with Gasteiger partial charge in [-0.1, -0.05) is 13.8 Å². The summed E-state index contributed by atoms with van der Waals surface area (Å²) in [7, 11) is 0. The Kier molecular flexibility index (Phi) is 7.21. The van der Waals surface area contributed by atoms with Gasteiger partial charge < -0.3 is 15.5 Å². The fourth-order valence-corrected chi connectivity index (χ4v) is 1.81. The monoisotopic (exact) mass is 241 g/mol. The highest BCUT2D eigenvalue weighted by atomic mass is 16.1. The van der Waals surface area contributed by atoms with E-state index in [1.165, 1.54) is 12.8 Å². The lowest BCUT2D eigenvalue weighted by molar-refractivity contribution is -0.120. The van der Waals surface area contributed by atoms with Crippen LogP contribution in [0, 0.1) is 5.92 Å². The van der Waals surface area contributed by atoms with Crippen LogP contribution in [-0.2, 0) is 4.79 Å². The molecule has 0 spiro atoms. The van der Waals surface area contributed by atoms with E-state index in [2.05, 4.69) is 29.4 Å². The van der Waals surface area contributed by atoms with Gasteiger partial charge in [-0.3, -0.25) is 4.79 Å². The SMILES string of the molecule is CCN(CC)CCCNCC(=O)NCC1CC1. The van der Waals surface area contributed by atoms with E-state index in [-0.39, 0.29) is 5.91 Å². The highest BCUT2D eigenvalue weighted by molar-refractivity contribution is 5.77. The Morgan fingerprint density at radius 2 is 2.00 bits per heavy atom. The molecule has 1 aliphatic carbocycles. The molecule has 2 N–H and O–H groups in total. The van der Waals surface area contributed by atoms with Crippen LogP contribution in [0.1, 0.15) is 33.1 Å². The lowest BCUT2D eigenvalue weighted by Crippen LogP contribution is -2.36. The predicted octanol–water partition coefficient (Wildman–Crippen LogP) is 0.834. The van der Waals surface area contributed by atoms with E-state index in [1.54, 1.807) is 0 Å². The van der Waals surface area contributed by atoms with E-state index >= 15 is 0 Å². The first-order valence-corrected chi connectivity index (χ1v) is 6.96. The van der Waals surface area contributed by atoms with E-state index in [9.17, 15) is 4.79 Å². The van der Waals surface area contributed by atoms with Crippen LogP contribution < -0.4 is 10.6 Å². The molecular formula is C13H27N3O. The molecule has 1 rings (SSSR count). The molecule has 0 saturated heterocycles. The zero-order valence-electron chi connectivity index (χ0n) is 11.3. The van der Waals surface area contributed by atoms with Crippen molar-refractivity contribution in [2.45, 2.75) is 33.1 Å². The zero-order valence-corrected chi connectivity index (χ0v) is 11.3. The lowest BCUT2D eigenvalue weighted by Gasteiger charge is -2.17. The molecule has 0 unspecified atom stereocenters. The average molecular weight is 241 g/mol. The van der Waals surface area contributed by atoms with Crippen molar-refractivity contribution >= 4 is 5.91 Å². The summed E-state index contributed by atoms with van der Waals surface area (Å²) in [6, 6.07) is 0. The number of carbonyl (C=O) groups is 1. The van der Waals surface area contributed by atoms with Gasteiger partial charge in [0.2, 0.25) is 5.91 Å². The van der Waals surface area contributed by atoms with Crippen molar-refractivity contribution in [3.63, 3.8) is 0 Å². The van der Waals surface area contributed by atoms with Crippen LogP contribution in [0.15, 0.2) is 0 Å². The van der Waals surface area contributed by atoms with Gasteiger partial charge in [0, 0.05) is 6.54 Å². The Balaban J connectivity index is 1.86. The molecule has 0 radical (unpaired) electrons. The molecule has 17 heavy (non-hydrogen) atoms. The largest absolute Gasteiger partial charge is 0.355 e. The van der Waals surface area contributed by atoms with E-state index in [0.717, 1.165) is 45.1 Å². The molecule has 0 atom stereocenters. The number of carbonyl (C=O) groups excluding carboxylic acids is 1. The summed E-state index contributed by atoms with van der Waals surface area (Å²) in [6.07, 6.45) is 3.69. The quantitative estimate of drug-likeness (QED) is 0.557. The minimum Gasteiger partial charge on any atom is -0.355 e. The molecule has 1 amide bonds. The first kappa shape index (κ1) is 14.5. The van der Waals surface area contributed by atoms with Gasteiger partial charge in [-0.2, -0.15) is 0 Å². The molecule has 0 aromatic carbocycles.